The van der Waals surface area contributed by atoms with E-state index in [-0.39, 0.29) is 0 Å². The van der Waals surface area contributed by atoms with E-state index in [1.54, 1.807) is 0 Å². The third-order valence-corrected chi connectivity index (χ3v) is 1.71. The summed E-state index contributed by atoms with van der Waals surface area (Å²) < 4.78 is 0. The number of hydrogen-bond donors (Lipinski definition) is 1. The number of rotatable bonds is 4. The van der Waals surface area contributed by atoms with Crippen LogP contribution in [-0.2, 0) is 0 Å². The second kappa shape index (κ2) is 5.19. The first-order chi connectivity index (χ1) is 3.81. The van der Waals surface area contributed by atoms with Gasteiger partial charge in [-0.15, -0.1) is 6.58 Å². The Kier molecular flexibility index (Phi) is 5.22. The van der Waals surface area contributed by atoms with E-state index in [0.717, 1.165) is 12.2 Å². The molecule has 0 aromatic rings. The molecule has 0 saturated heterocycles. The molecule has 0 aliphatic rings. The van der Waals surface area contributed by atoms with E-state index in [0.29, 0.717) is 5.92 Å². The third-order valence-electron chi connectivity index (χ3n) is 0.950. The van der Waals surface area contributed by atoms with Crippen LogP contribution in [0, 0.1) is 5.92 Å². The maximum atomic E-state index is 5.24. The van der Waals surface area contributed by atoms with Gasteiger partial charge < -0.3 is 0 Å². The Morgan fingerprint density at radius 2 is 2.50 bits per heavy atom. The Labute approximate surface area is 55.5 Å². The van der Waals surface area contributed by atoms with Crippen LogP contribution in [0.15, 0.2) is 12.7 Å². The summed E-state index contributed by atoms with van der Waals surface area (Å²) in [6, 6.07) is 0. The molecule has 0 saturated carbocycles. The first-order valence-corrected chi connectivity index (χ1v) is 3.78. The molecule has 0 rings (SSSR count). The van der Waals surface area contributed by atoms with Crippen LogP contribution in [0.3, 0.4) is 0 Å². The van der Waals surface area contributed by atoms with Crippen LogP contribution < -0.4 is 5.14 Å². The zero-order chi connectivity index (χ0) is 6.41. The van der Waals surface area contributed by atoms with Gasteiger partial charge in [0.2, 0.25) is 0 Å². The lowest BCUT2D eigenvalue weighted by Gasteiger charge is -2.02. The monoisotopic (exact) mass is 131 g/mol. The standard InChI is InChI=1S/C6H13NS/c1-3-4-6(2)5-8-7/h3,6H,1,4-5,7H2,2H3/t6-/m0/s1. The van der Waals surface area contributed by atoms with Crippen molar-refractivity contribution in [2.24, 2.45) is 11.1 Å². The molecule has 0 aliphatic heterocycles. The summed E-state index contributed by atoms with van der Waals surface area (Å²) in [4.78, 5) is 0. The van der Waals surface area contributed by atoms with Gasteiger partial charge in [0.15, 0.2) is 0 Å². The molecule has 0 fully saturated rings. The molecule has 0 aromatic carbocycles. The molecule has 1 atom stereocenters. The van der Waals surface area contributed by atoms with E-state index < -0.39 is 0 Å². The molecule has 2 heteroatoms. The van der Waals surface area contributed by atoms with E-state index in [4.69, 9.17) is 5.14 Å². The van der Waals surface area contributed by atoms with Crippen molar-refractivity contribution in [2.45, 2.75) is 13.3 Å². The predicted octanol–water partition coefficient (Wildman–Crippen LogP) is 1.81. The molecule has 2 N–H and O–H groups in total. The second-order valence-corrected chi connectivity index (χ2v) is 2.63. The fraction of sp³-hybridized carbons (Fsp3) is 0.667. The fourth-order valence-corrected chi connectivity index (χ4v) is 0.981. The molecular weight excluding hydrogens is 118 g/mol. The summed E-state index contributed by atoms with van der Waals surface area (Å²) in [5.74, 6) is 1.72. The predicted molar refractivity (Wildman–Crippen MR) is 40.6 cm³/mol. The Morgan fingerprint density at radius 1 is 1.88 bits per heavy atom. The minimum atomic E-state index is 0.683. The maximum Gasteiger partial charge on any atom is 0.0105 e. The van der Waals surface area contributed by atoms with Gasteiger partial charge in [-0.05, 0) is 12.3 Å². The lowest BCUT2D eigenvalue weighted by Crippen LogP contribution is -1.98. The van der Waals surface area contributed by atoms with Crippen molar-refractivity contribution in [3.63, 3.8) is 0 Å². The summed E-state index contributed by atoms with van der Waals surface area (Å²) in [6.45, 7) is 5.80. The number of nitrogens with two attached hydrogens (primary N) is 1. The smallest absolute Gasteiger partial charge is 0.0105 e. The minimum Gasteiger partial charge on any atom is -0.278 e. The Bertz CT molecular complexity index is 63.5. The highest BCUT2D eigenvalue weighted by atomic mass is 32.2. The van der Waals surface area contributed by atoms with Gasteiger partial charge in [0, 0.05) is 5.75 Å². The van der Waals surface area contributed by atoms with Gasteiger partial charge in [0.05, 0.1) is 0 Å². The van der Waals surface area contributed by atoms with Crippen LogP contribution >= 0.6 is 11.9 Å². The lowest BCUT2D eigenvalue weighted by molar-refractivity contribution is 0.677. The van der Waals surface area contributed by atoms with Crippen LogP contribution in [0.25, 0.3) is 0 Å². The topological polar surface area (TPSA) is 26.0 Å². The fourth-order valence-electron chi connectivity index (χ4n) is 0.517. The molecule has 8 heavy (non-hydrogen) atoms. The summed E-state index contributed by atoms with van der Waals surface area (Å²) >= 11 is 1.40. The van der Waals surface area contributed by atoms with Crippen LogP contribution in [0.1, 0.15) is 13.3 Å². The van der Waals surface area contributed by atoms with Gasteiger partial charge in [-0.2, -0.15) is 0 Å². The molecule has 48 valence electrons. The molecule has 0 aliphatic carbocycles. The van der Waals surface area contributed by atoms with Gasteiger partial charge in [-0.25, -0.2) is 0 Å². The van der Waals surface area contributed by atoms with Crippen molar-refractivity contribution in [2.75, 3.05) is 5.75 Å². The van der Waals surface area contributed by atoms with Gasteiger partial charge in [-0.1, -0.05) is 24.9 Å². The van der Waals surface area contributed by atoms with E-state index in [2.05, 4.69) is 13.5 Å². The average molecular weight is 131 g/mol. The molecule has 0 spiro atoms. The number of allylic oxidation sites excluding steroid dienone is 1. The average Bonchev–Trinajstić information content (AvgIpc) is 1.68. The van der Waals surface area contributed by atoms with Crippen molar-refractivity contribution in [3.8, 4) is 0 Å². The Balaban J connectivity index is 3.03. The summed E-state index contributed by atoms with van der Waals surface area (Å²) in [7, 11) is 0. The second-order valence-electron chi connectivity index (χ2n) is 1.96. The molecule has 0 heterocycles. The molecule has 0 bridgehead atoms. The highest BCUT2D eigenvalue weighted by Gasteiger charge is 1.95. The molecule has 0 amide bonds. The maximum absolute atomic E-state index is 5.24. The van der Waals surface area contributed by atoms with E-state index in [1.165, 1.54) is 11.9 Å². The Hall–Kier alpha value is 0.0500. The van der Waals surface area contributed by atoms with E-state index in [9.17, 15) is 0 Å². The van der Waals surface area contributed by atoms with E-state index >= 15 is 0 Å². The van der Waals surface area contributed by atoms with Crippen LogP contribution in [0.2, 0.25) is 0 Å². The molecule has 0 radical (unpaired) electrons. The highest BCUT2D eigenvalue weighted by Crippen LogP contribution is 2.05. The lowest BCUT2D eigenvalue weighted by atomic mass is 10.1. The van der Waals surface area contributed by atoms with Gasteiger partial charge >= 0.3 is 0 Å². The molecule has 0 unspecified atom stereocenters. The minimum absolute atomic E-state index is 0.683. The summed E-state index contributed by atoms with van der Waals surface area (Å²) in [6.07, 6.45) is 3.01. The van der Waals surface area contributed by atoms with Crippen molar-refractivity contribution < 1.29 is 0 Å². The number of hydrogen-bond acceptors (Lipinski definition) is 2. The first kappa shape index (κ1) is 8.05. The summed E-state index contributed by atoms with van der Waals surface area (Å²) in [5, 5.41) is 5.24. The van der Waals surface area contributed by atoms with Crippen molar-refractivity contribution >= 4 is 11.9 Å². The van der Waals surface area contributed by atoms with E-state index in [1.807, 2.05) is 6.08 Å². The highest BCUT2D eigenvalue weighted by molar-refractivity contribution is 7.97. The zero-order valence-corrected chi connectivity index (χ0v) is 6.08. The van der Waals surface area contributed by atoms with Gasteiger partial charge in [-0.3, -0.25) is 5.14 Å². The van der Waals surface area contributed by atoms with Crippen LogP contribution in [-0.4, -0.2) is 5.75 Å². The van der Waals surface area contributed by atoms with Crippen LogP contribution in [0.4, 0.5) is 0 Å². The summed E-state index contributed by atoms with van der Waals surface area (Å²) in [5.41, 5.74) is 0. The zero-order valence-electron chi connectivity index (χ0n) is 5.26. The van der Waals surface area contributed by atoms with Crippen LogP contribution in [0.5, 0.6) is 0 Å². The third kappa shape index (κ3) is 4.22. The molecule has 1 nitrogen and oxygen atoms in total. The quantitative estimate of drug-likeness (QED) is 0.465. The van der Waals surface area contributed by atoms with Crippen molar-refractivity contribution in [1.82, 2.24) is 0 Å². The van der Waals surface area contributed by atoms with Crippen molar-refractivity contribution in [1.29, 1.82) is 0 Å². The van der Waals surface area contributed by atoms with Crippen molar-refractivity contribution in [3.05, 3.63) is 12.7 Å². The van der Waals surface area contributed by atoms with Gasteiger partial charge in [0.25, 0.3) is 0 Å². The largest absolute Gasteiger partial charge is 0.278 e. The molecular formula is C6H13NS. The molecule has 0 aromatic heterocycles. The van der Waals surface area contributed by atoms with Gasteiger partial charge in [0.1, 0.15) is 0 Å². The first-order valence-electron chi connectivity index (χ1n) is 2.73. The Morgan fingerprint density at radius 3 is 2.88 bits per heavy atom. The SMILES string of the molecule is C=CC[C@H](C)CSN. The normalized spacial score (nSPS) is 13.2.